The van der Waals surface area contributed by atoms with E-state index >= 15 is 0 Å². The van der Waals surface area contributed by atoms with Gasteiger partial charge in [0.05, 0.1) is 13.2 Å². The van der Waals surface area contributed by atoms with Crippen LogP contribution >= 0.6 is 0 Å². The molecule has 0 radical (unpaired) electrons. The molecule has 0 amide bonds. The van der Waals surface area contributed by atoms with Crippen molar-refractivity contribution in [2.75, 3.05) is 26.4 Å². The molecule has 0 rings (SSSR count). The molecule has 2 atom stereocenters. The van der Waals surface area contributed by atoms with Crippen molar-refractivity contribution >= 4 is 20.8 Å². The molecule has 0 aromatic heterocycles. The minimum atomic E-state index is -4.72. The summed E-state index contributed by atoms with van der Waals surface area (Å²) in [5, 5.41) is 0. The molecular weight excluding hydrogens is 464 g/mol. The molecule has 2 N–H and O–H groups in total. The lowest BCUT2D eigenvalue weighted by Crippen LogP contribution is -2.40. The van der Waals surface area contributed by atoms with Crippen LogP contribution in [0.3, 0.4) is 0 Å². The molecule has 0 saturated heterocycles. The van der Waals surface area contributed by atoms with Gasteiger partial charge in [-0.05, 0) is 12.8 Å². The maximum atomic E-state index is 11.0. The average molecular weight is 507 g/mol. The van der Waals surface area contributed by atoms with Crippen LogP contribution in [-0.2, 0) is 38.6 Å². The molecule has 0 bridgehead atoms. The monoisotopic (exact) mass is 506 g/mol. The molecule has 0 aliphatic carbocycles. The summed E-state index contributed by atoms with van der Waals surface area (Å²) in [5.41, 5.74) is 0. The summed E-state index contributed by atoms with van der Waals surface area (Å²) in [7, 11) is -9.45. The standard InChI is InChI=1S/C20H42O10S2/c1-3-5-7-9-11-13-15-27-19(17-29-31(21,22)23)20(18-30-32(24,25)26)28-16-14-12-10-8-6-4-2/h19-20H,3-18H2,1-2H3,(H,21,22,23)(H,24,25,26)/t19-,20-/m0/s1. The van der Waals surface area contributed by atoms with E-state index in [1.807, 2.05) is 0 Å². The van der Waals surface area contributed by atoms with Crippen LogP contribution < -0.4 is 0 Å². The Morgan fingerprint density at radius 1 is 0.562 bits per heavy atom. The van der Waals surface area contributed by atoms with E-state index in [0.717, 1.165) is 77.0 Å². The van der Waals surface area contributed by atoms with Crippen molar-refractivity contribution in [1.82, 2.24) is 0 Å². The maximum Gasteiger partial charge on any atom is 0.397 e. The Kier molecular flexibility index (Phi) is 18.8. The second-order valence-electron chi connectivity index (χ2n) is 7.78. The van der Waals surface area contributed by atoms with Crippen LogP contribution in [0.5, 0.6) is 0 Å². The van der Waals surface area contributed by atoms with Gasteiger partial charge in [0.25, 0.3) is 0 Å². The summed E-state index contributed by atoms with van der Waals surface area (Å²) < 4.78 is 82.1. The molecule has 0 aliphatic rings. The molecule has 0 heterocycles. The van der Waals surface area contributed by atoms with E-state index in [-0.39, 0.29) is 13.2 Å². The number of unbranched alkanes of at least 4 members (excludes halogenated alkanes) is 10. The van der Waals surface area contributed by atoms with E-state index in [1.165, 1.54) is 0 Å². The third-order valence-electron chi connectivity index (χ3n) is 4.84. The number of rotatable bonds is 23. The highest BCUT2D eigenvalue weighted by Gasteiger charge is 2.27. The van der Waals surface area contributed by atoms with Crippen molar-refractivity contribution in [2.45, 2.75) is 103 Å². The van der Waals surface area contributed by atoms with Gasteiger partial charge in [-0.15, -0.1) is 0 Å². The van der Waals surface area contributed by atoms with E-state index in [1.54, 1.807) is 0 Å². The van der Waals surface area contributed by atoms with Crippen molar-refractivity contribution in [3.63, 3.8) is 0 Å². The Bertz CT molecular complexity index is 581. The molecule has 32 heavy (non-hydrogen) atoms. The minimum absolute atomic E-state index is 0.272. The SMILES string of the molecule is CCCCCCCCO[C@@H](COS(=O)(=O)O)[C@H](COS(=O)(=O)O)OCCCCCCCC. The van der Waals surface area contributed by atoms with Crippen LogP contribution in [0.15, 0.2) is 0 Å². The Labute approximate surface area is 194 Å². The predicted molar refractivity (Wildman–Crippen MR) is 121 cm³/mol. The summed E-state index contributed by atoms with van der Waals surface area (Å²) >= 11 is 0. The lowest BCUT2D eigenvalue weighted by Gasteiger charge is -2.26. The summed E-state index contributed by atoms with van der Waals surface area (Å²) in [6.45, 7) is 3.64. The molecule has 0 aliphatic heterocycles. The first-order chi connectivity index (χ1) is 15.1. The lowest BCUT2D eigenvalue weighted by atomic mass is 10.1. The fourth-order valence-electron chi connectivity index (χ4n) is 3.07. The van der Waals surface area contributed by atoms with Gasteiger partial charge in [0, 0.05) is 13.2 Å². The van der Waals surface area contributed by atoms with Gasteiger partial charge in [-0.25, -0.2) is 8.37 Å². The van der Waals surface area contributed by atoms with E-state index < -0.39 is 46.2 Å². The van der Waals surface area contributed by atoms with Crippen LogP contribution in [0.2, 0.25) is 0 Å². The first-order valence-corrected chi connectivity index (χ1v) is 14.3. The fraction of sp³-hybridized carbons (Fsp3) is 1.00. The van der Waals surface area contributed by atoms with Crippen LogP contribution in [0.4, 0.5) is 0 Å². The quantitative estimate of drug-likeness (QED) is 0.153. The molecule has 10 nitrogen and oxygen atoms in total. The second kappa shape index (κ2) is 19.0. The van der Waals surface area contributed by atoms with E-state index in [9.17, 15) is 16.8 Å². The summed E-state index contributed by atoms with van der Waals surface area (Å²) in [6, 6.07) is 0. The van der Waals surface area contributed by atoms with Gasteiger partial charge in [-0.1, -0.05) is 78.1 Å². The van der Waals surface area contributed by atoms with Crippen molar-refractivity contribution < 1.29 is 43.8 Å². The fourth-order valence-corrected chi connectivity index (χ4v) is 3.68. The van der Waals surface area contributed by atoms with Crippen LogP contribution in [0.1, 0.15) is 90.9 Å². The number of hydrogen-bond acceptors (Lipinski definition) is 8. The highest BCUT2D eigenvalue weighted by Crippen LogP contribution is 2.13. The zero-order valence-corrected chi connectivity index (χ0v) is 21.1. The van der Waals surface area contributed by atoms with Crippen LogP contribution in [0.25, 0.3) is 0 Å². The molecular formula is C20H42O10S2. The van der Waals surface area contributed by atoms with Crippen molar-refractivity contribution in [3.8, 4) is 0 Å². The summed E-state index contributed by atoms with van der Waals surface area (Å²) in [6.07, 6.45) is 10.2. The van der Waals surface area contributed by atoms with Gasteiger partial charge in [-0.2, -0.15) is 16.8 Å². The third-order valence-corrected chi connectivity index (χ3v) is 5.70. The van der Waals surface area contributed by atoms with Gasteiger partial charge >= 0.3 is 20.8 Å². The summed E-state index contributed by atoms with van der Waals surface area (Å²) in [4.78, 5) is 0. The van der Waals surface area contributed by atoms with E-state index in [2.05, 4.69) is 22.2 Å². The Hall–Kier alpha value is -0.340. The van der Waals surface area contributed by atoms with E-state index in [4.69, 9.17) is 18.6 Å². The zero-order valence-electron chi connectivity index (χ0n) is 19.4. The Morgan fingerprint density at radius 3 is 1.19 bits per heavy atom. The van der Waals surface area contributed by atoms with Gasteiger partial charge in [0.2, 0.25) is 0 Å². The first kappa shape index (κ1) is 31.7. The Morgan fingerprint density at radius 2 is 0.875 bits per heavy atom. The zero-order chi connectivity index (χ0) is 24.3. The molecule has 194 valence electrons. The largest absolute Gasteiger partial charge is 0.397 e. The number of hydrogen-bond donors (Lipinski definition) is 2. The topological polar surface area (TPSA) is 146 Å². The lowest BCUT2D eigenvalue weighted by molar-refractivity contribution is -0.104. The van der Waals surface area contributed by atoms with Crippen molar-refractivity contribution in [3.05, 3.63) is 0 Å². The van der Waals surface area contributed by atoms with Gasteiger partial charge in [0.1, 0.15) is 12.2 Å². The highest BCUT2D eigenvalue weighted by atomic mass is 32.3. The summed E-state index contributed by atoms with van der Waals surface area (Å²) in [5.74, 6) is 0. The maximum absolute atomic E-state index is 11.0. The van der Waals surface area contributed by atoms with Gasteiger partial charge in [-0.3, -0.25) is 9.11 Å². The number of ether oxygens (including phenoxy) is 2. The molecule has 0 saturated carbocycles. The van der Waals surface area contributed by atoms with E-state index in [0.29, 0.717) is 0 Å². The molecule has 0 unspecified atom stereocenters. The van der Waals surface area contributed by atoms with Crippen LogP contribution in [-0.4, -0.2) is 64.6 Å². The van der Waals surface area contributed by atoms with Crippen LogP contribution in [0, 0.1) is 0 Å². The second-order valence-corrected chi connectivity index (χ2v) is 9.96. The van der Waals surface area contributed by atoms with Gasteiger partial charge < -0.3 is 9.47 Å². The first-order valence-electron chi connectivity index (χ1n) is 11.6. The molecule has 0 spiro atoms. The smallest absolute Gasteiger partial charge is 0.373 e. The third kappa shape index (κ3) is 21.5. The molecule has 0 aromatic carbocycles. The van der Waals surface area contributed by atoms with Crippen molar-refractivity contribution in [2.24, 2.45) is 0 Å². The molecule has 0 aromatic rings. The molecule has 12 heteroatoms. The Balaban J connectivity index is 4.82. The average Bonchev–Trinajstić information content (AvgIpc) is 2.70. The highest BCUT2D eigenvalue weighted by molar-refractivity contribution is 7.81. The van der Waals surface area contributed by atoms with Gasteiger partial charge in [0.15, 0.2) is 0 Å². The minimum Gasteiger partial charge on any atom is -0.373 e. The van der Waals surface area contributed by atoms with Crippen molar-refractivity contribution in [1.29, 1.82) is 0 Å². The normalized spacial score (nSPS) is 14.5. The molecule has 0 fully saturated rings. The predicted octanol–water partition coefficient (Wildman–Crippen LogP) is 4.12.